The quantitative estimate of drug-likeness (QED) is 0.242. The number of primary amides is 1. The maximum absolute atomic E-state index is 14.0. The number of hydrogen-bond donors (Lipinski definition) is 6. The molecular formula is C18H19BrF2N4O7S. The third-order valence-electron chi connectivity index (χ3n) is 4.05. The van der Waals surface area contributed by atoms with Gasteiger partial charge in [0, 0.05) is 17.4 Å². The summed E-state index contributed by atoms with van der Waals surface area (Å²) in [6.45, 7) is -0.940. The average molecular weight is 553 g/mol. The van der Waals surface area contributed by atoms with Crippen LogP contribution in [0.2, 0.25) is 0 Å². The number of carbonyl (C=O) groups excluding carboxylic acids is 2. The number of nitrogens with zero attached hydrogens (tertiary/aromatic N) is 1. The number of carboxylic acid groups (broad SMARTS) is 1. The zero-order chi connectivity index (χ0) is 24.7. The zero-order valence-corrected chi connectivity index (χ0v) is 19.1. The number of amides is 3. The summed E-state index contributed by atoms with van der Waals surface area (Å²) >= 11 is 3.57. The maximum atomic E-state index is 14.0. The van der Waals surface area contributed by atoms with Gasteiger partial charge in [-0.25, -0.2) is 13.6 Å². The lowest BCUT2D eigenvalue weighted by atomic mass is 10.1. The Kier molecular flexibility index (Phi) is 9.45. The number of aromatic nitrogens is 1. The van der Waals surface area contributed by atoms with E-state index < -0.39 is 60.3 Å². The highest BCUT2D eigenvalue weighted by Gasteiger charge is 2.23. The molecule has 0 saturated carbocycles. The molecule has 0 aliphatic heterocycles. The van der Waals surface area contributed by atoms with E-state index in [4.69, 9.17) is 15.6 Å². The topological polar surface area (TPSA) is 184 Å². The summed E-state index contributed by atoms with van der Waals surface area (Å²) in [4.78, 5) is 34.4. The summed E-state index contributed by atoms with van der Waals surface area (Å²) in [6.07, 6.45) is -3.40. The van der Waals surface area contributed by atoms with Gasteiger partial charge in [0.15, 0.2) is 0 Å². The normalized spacial score (nSPS) is 12.6. The molecule has 15 heteroatoms. The van der Waals surface area contributed by atoms with Gasteiger partial charge in [-0.1, -0.05) is 15.9 Å². The van der Waals surface area contributed by atoms with E-state index in [0.29, 0.717) is 11.5 Å². The number of aliphatic carboxylic acids is 1. The van der Waals surface area contributed by atoms with Crippen LogP contribution in [0.15, 0.2) is 16.6 Å². The fourth-order valence-electron chi connectivity index (χ4n) is 2.57. The molecule has 33 heavy (non-hydrogen) atoms. The number of rotatable bonds is 11. The standard InChI is InChI=1S/C18H19BrF2N4O7S/c19-7-1-11(20)10(12(21)2-7)6-32-16-14(15(22)30)17(33-25-16)24-18(31)23-5-9(27)3-8(26)4-13(28)29/h1-2,8-9,26-27H,3-6H2,(H2,22,30)(H,28,29)(H2,23,24,31)/t8-,9+/m1/s1. The number of urea groups is 1. The number of aliphatic hydroxyl groups is 2. The largest absolute Gasteiger partial charge is 0.481 e. The van der Waals surface area contributed by atoms with Crippen LogP contribution < -0.4 is 21.1 Å². The first-order valence-corrected chi connectivity index (χ1v) is 10.7. The Bertz CT molecular complexity index is 1020. The Balaban J connectivity index is 1.99. The van der Waals surface area contributed by atoms with E-state index in [1.165, 1.54) is 0 Å². The molecule has 0 saturated heterocycles. The predicted molar refractivity (Wildman–Crippen MR) is 115 cm³/mol. The van der Waals surface area contributed by atoms with Crippen molar-refractivity contribution in [3.63, 3.8) is 0 Å². The first-order chi connectivity index (χ1) is 15.5. The smallest absolute Gasteiger partial charge is 0.320 e. The molecule has 0 aliphatic carbocycles. The van der Waals surface area contributed by atoms with Gasteiger partial charge >= 0.3 is 12.0 Å². The van der Waals surface area contributed by atoms with Crippen molar-refractivity contribution in [1.82, 2.24) is 9.69 Å². The Hall–Kier alpha value is -2.88. The monoisotopic (exact) mass is 552 g/mol. The molecule has 3 amide bonds. The van der Waals surface area contributed by atoms with Crippen LogP contribution in [0.5, 0.6) is 5.88 Å². The maximum Gasteiger partial charge on any atom is 0.320 e. The highest BCUT2D eigenvalue weighted by Crippen LogP contribution is 2.31. The lowest BCUT2D eigenvalue weighted by molar-refractivity contribution is -0.139. The first-order valence-electron chi connectivity index (χ1n) is 9.16. The summed E-state index contributed by atoms with van der Waals surface area (Å²) in [5, 5.41) is 32.3. The SMILES string of the molecule is NC(=O)c1c(OCc2c(F)cc(Br)cc2F)nsc1NC(=O)NC[C@@H](O)C[C@@H](O)CC(=O)O. The first kappa shape index (κ1) is 26.4. The highest BCUT2D eigenvalue weighted by atomic mass is 79.9. The van der Waals surface area contributed by atoms with Crippen molar-refractivity contribution in [2.24, 2.45) is 5.73 Å². The third kappa shape index (κ3) is 7.88. The van der Waals surface area contributed by atoms with Gasteiger partial charge in [-0.05, 0) is 23.7 Å². The van der Waals surface area contributed by atoms with Crippen LogP contribution >= 0.6 is 27.5 Å². The minimum atomic E-state index is -1.30. The molecule has 0 bridgehead atoms. The summed E-state index contributed by atoms with van der Waals surface area (Å²) < 4.78 is 37.2. The molecule has 2 aromatic rings. The van der Waals surface area contributed by atoms with Gasteiger partial charge in [0.05, 0.1) is 24.2 Å². The van der Waals surface area contributed by atoms with E-state index in [9.17, 15) is 33.4 Å². The van der Waals surface area contributed by atoms with Gasteiger partial charge in [0.1, 0.15) is 28.8 Å². The number of hydrogen-bond acceptors (Lipinski definition) is 8. The number of carboxylic acids is 1. The molecular weight excluding hydrogens is 534 g/mol. The minimum absolute atomic E-state index is 0.118. The van der Waals surface area contributed by atoms with Gasteiger partial charge in [0.25, 0.3) is 5.91 Å². The van der Waals surface area contributed by atoms with Gasteiger partial charge < -0.3 is 31.1 Å². The van der Waals surface area contributed by atoms with Crippen LogP contribution in [0.25, 0.3) is 0 Å². The lowest BCUT2D eigenvalue weighted by Crippen LogP contribution is -2.37. The number of carbonyl (C=O) groups is 3. The van der Waals surface area contributed by atoms with Crippen molar-refractivity contribution in [3.05, 3.63) is 39.4 Å². The summed E-state index contributed by atoms with van der Waals surface area (Å²) in [6, 6.07) is 1.19. The Labute approximate surface area is 197 Å². The van der Waals surface area contributed by atoms with E-state index >= 15 is 0 Å². The number of nitrogens with two attached hydrogens (primary N) is 1. The molecule has 0 aliphatic rings. The second-order valence-electron chi connectivity index (χ2n) is 6.67. The Morgan fingerprint density at radius 1 is 1.21 bits per heavy atom. The summed E-state index contributed by atoms with van der Waals surface area (Å²) in [5.41, 5.74) is 4.57. The van der Waals surface area contributed by atoms with Crippen LogP contribution in [0.3, 0.4) is 0 Å². The molecule has 0 fully saturated rings. The van der Waals surface area contributed by atoms with Crippen LogP contribution in [0.1, 0.15) is 28.8 Å². The molecule has 0 spiro atoms. The number of aliphatic hydroxyl groups excluding tert-OH is 2. The fraction of sp³-hybridized carbons (Fsp3) is 0.333. The van der Waals surface area contributed by atoms with Crippen molar-refractivity contribution in [2.45, 2.75) is 31.7 Å². The molecule has 0 radical (unpaired) electrons. The van der Waals surface area contributed by atoms with E-state index in [2.05, 4.69) is 30.9 Å². The van der Waals surface area contributed by atoms with Crippen LogP contribution in [0, 0.1) is 11.6 Å². The second kappa shape index (κ2) is 11.8. The molecule has 7 N–H and O–H groups in total. The van der Waals surface area contributed by atoms with Crippen molar-refractivity contribution >= 4 is 50.4 Å². The summed E-state index contributed by atoms with van der Waals surface area (Å²) in [5.74, 6) is -4.39. The Morgan fingerprint density at radius 2 is 1.85 bits per heavy atom. The predicted octanol–water partition coefficient (Wildman–Crippen LogP) is 1.57. The number of nitrogens with one attached hydrogen (secondary N) is 2. The van der Waals surface area contributed by atoms with Gasteiger partial charge in [-0.15, -0.1) is 0 Å². The van der Waals surface area contributed by atoms with E-state index in [-0.39, 0.29) is 33.9 Å². The van der Waals surface area contributed by atoms with E-state index in [1.807, 2.05) is 0 Å². The van der Waals surface area contributed by atoms with Crippen molar-refractivity contribution in [2.75, 3.05) is 11.9 Å². The molecule has 2 rings (SSSR count). The molecule has 1 aromatic carbocycles. The molecule has 2 atom stereocenters. The van der Waals surface area contributed by atoms with Crippen molar-refractivity contribution < 1.29 is 43.2 Å². The van der Waals surface area contributed by atoms with Gasteiger partial charge in [0.2, 0.25) is 5.88 Å². The van der Waals surface area contributed by atoms with E-state index in [0.717, 1.165) is 12.1 Å². The van der Waals surface area contributed by atoms with Crippen LogP contribution in [-0.4, -0.2) is 56.4 Å². The van der Waals surface area contributed by atoms with Gasteiger partial charge in [-0.2, -0.15) is 4.37 Å². The summed E-state index contributed by atoms with van der Waals surface area (Å²) in [7, 11) is 0. The number of halogens is 3. The van der Waals surface area contributed by atoms with Crippen LogP contribution in [0.4, 0.5) is 18.6 Å². The van der Waals surface area contributed by atoms with E-state index in [1.54, 1.807) is 0 Å². The molecule has 0 unspecified atom stereocenters. The molecule has 180 valence electrons. The van der Waals surface area contributed by atoms with Crippen molar-refractivity contribution in [1.29, 1.82) is 0 Å². The Morgan fingerprint density at radius 3 is 2.42 bits per heavy atom. The zero-order valence-electron chi connectivity index (χ0n) is 16.7. The average Bonchev–Trinajstić information content (AvgIpc) is 3.07. The third-order valence-corrected chi connectivity index (χ3v) is 5.25. The van der Waals surface area contributed by atoms with Crippen LogP contribution in [-0.2, 0) is 11.4 Å². The fourth-order valence-corrected chi connectivity index (χ4v) is 3.70. The van der Waals surface area contributed by atoms with Crippen molar-refractivity contribution in [3.8, 4) is 5.88 Å². The highest BCUT2D eigenvalue weighted by molar-refractivity contribution is 9.10. The number of anilines is 1. The minimum Gasteiger partial charge on any atom is -0.481 e. The van der Waals surface area contributed by atoms with Gasteiger partial charge in [-0.3, -0.25) is 14.9 Å². The molecule has 1 heterocycles. The number of ether oxygens (including phenoxy) is 1. The second-order valence-corrected chi connectivity index (χ2v) is 8.36. The number of benzene rings is 1. The molecule has 1 aromatic heterocycles. The molecule has 11 nitrogen and oxygen atoms in total. The lowest BCUT2D eigenvalue weighted by Gasteiger charge is -2.15.